The van der Waals surface area contributed by atoms with E-state index in [0.717, 1.165) is 41.7 Å². The van der Waals surface area contributed by atoms with Crippen molar-refractivity contribution in [3.05, 3.63) is 59.4 Å². The van der Waals surface area contributed by atoms with E-state index in [1.165, 1.54) is 25.3 Å². The molecule has 0 saturated carbocycles. The molecule has 0 spiro atoms. The lowest BCUT2D eigenvalue weighted by molar-refractivity contribution is -0.116. The van der Waals surface area contributed by atoms with Crippen LogP contribution in [0.2, 0.25) is 0 Å². The van der Waals surface area contributed by atoms with Crippen LogP contribution in [0, 0.1) is 19.7 Å². The molecule has 1 aliphatic heterocycles. The number of halogens is 1. The highest BCUT2D eigenvalue weighted by molar-refractivity contribution is 5.90. The molecule has 3 aromatic rings. The summed E-state index contributed by atoms with van der Waals surface area (Å²) in [5, 5.41) is 7.29. The van der Waals surface area contributed by atoms with E-state index in [9.17, 15) is 9.18 Å². The zero-order valence-electron chi connectivity index (χ0n) is 17.9. The first-order chi connectivity index (χ1) is 15.0. The third kappa shape index (κ3) is 4.73. The van der Waals surface area contributed by atoms with Gasteiger partial charge in [0, 0.05) is 31.3 Å². The van der Waals surface area contributed by atoms with Crippen LogP contribution in [0.25, 0.3) is 5.82 Å². The Morgan fingerprint density at radius 1 is 1.10 bits per heavy atom. The average molecular weight is 423 g/mol. The smallest absolute Gasteiger partial charge is 0.224 e. The SMILES string of the molecule is Cc1nn(-c2cc(N3CCCCC3)ncn2)c(C)c1CCC(=O)Nc1ccccc1F. The summed E-state index contributed by atoms with van der Waals surface area (Å²) >= 11 is 0. The van der Waals surface area contributed by atoms with E-state index in [1.54, 1.807) is 24.5 Å². The summed E-state index contributed by atoms with van der Waals surface area (Å²) in [6.07, 6.45) is 5.96. The van der Waals surface area contributed by atoms with Crippen molar-refractivity contribution in [2.75, 3.05) is 23.3 Å². The Hall–Kier alpha value is -3.29. The second-order valence-corrected chi connectivity index (χ2v) is 7.87. The number of benzene rings is 1. The van der Waals surface area contributed by atoms with Gasteiger partial charge in [-0.3, -0.25) is 4.79 Å². The Morgan fingerprint density at radius 3 is 2.61 bits per heavy atom. The molecule has 1 aliphatic rings. The van der Waals surface area contributed by atoms with Crippen LogP contribution in [-0.4, -0.2) is 38.7 Å². The van der Waals surface area contributed by atoms with Gasteiger partial charge in [0.15, 0.2) is 5.82 Å². The van der Waals surface area contributed by atoms with E-state index in [2.05, 4.69) is 25.3 Å². The number of rotatable bonds is 6. The first-order valence-corrected chi connectivity index (χ1v) is 10.7. The van der Waals surface area contributed by atoms with Crippen LogP contribution in [0.1, 0.15) is 42.6 Å². The van der Waals surface area contributed by atoms with Crippen molar-refractivity contribution in [3.8, 4) is 5.82 Å². The summed E-state index contributed by atoms with van der Waals surface area (Å²) in [4.78, 5) is 23.5. The van der Waals surface area contributed by atoms with Crippen LogP contribution in [0.3, 0.4) is 0 Å². The van der Waals surface area contributed by atoms with Gasteiger partial charge in [-0.05, 0) is 57.2 Å². The summed E-state index contributed by atoms with van der Waals surface area (Å²) < 4.78 is 15.6. The number of aromatic nitrogens is 4. The third-order valence-electron chi connectivity index (χ3n) is 5.73. The number of nitrogens with zero attached hydrogens (tertiary/aromatic N) is 5. The van der Waals surface area contributed by atoms with Gasteiger partial charge in [-0.2, -0.15) is 5.10 Å². The Bertz CT molecular complexity index is 1070. The number of hydrogen-bond donors (Lipinski definition) is 1. The maximum atomic E-state index is 13.8. The average Bonchev–Trinajstić information content (AvgIpc) is 3.08. The molecule has 1 fully saturated rings. The predicted octanol–water partition coefficient (Wildman–Crippen LogP) is 3.98. The summed E-state index contributed by atoms with van der Waals surface area (Å²) in [5.74, 6) is 0.969. The number of carbonyl (C=O) groups excluding carboxylic acids is 1. The molecule has 0 aliphatic carbocycles. The summed E-state index contributed by atoms with van der Waals surface area (Å²) in [5.41, 5.74) is 3.00. The molecule has 4 rings (SSSR count). The minimum Gasteiger partial charge on any atom is -0.356 e. The van der Waals surface area contributed by atoms with Gasteiger partial charge in [-0.1, -0.05) is 12.1 Å². The van der Waals surface area contributed by atoms with Crippen LogP contribution in [-0.2, 0) is 11.2 Å². The van der Waals surface area contributed by atoms with Crippen molar-refractivity contribution in [2.45, 2.75) is 46.0 Å². The molecule has 3 heterocycles. The zero-order chi connectivity index (χ0) is 21.8. The predicted molar refractivity (Wildman–Crippen MR) is 118 cm³/mol. The first-order valence-electron chi connectivity index (χ1n) is 10.7. The van der Waals surface area contributed by atoms with Gasteiger partial charge in [-0.25, -0.2) is 19.0 Å². The number of amides is 1. The van der Waals surface area contributed by atoms with Gasteiger partial charge in [-0.15, -0.1) is 0 Å². The molecule has 0 bridgehead atoms. The topological polar surface area (TPSA) is 75.9 Å². The molecule has 1 saturated heterocycles. The van der Waals surface area contributed by atoms with Crippen molar-refractivity contribution in [3.63, 3.8) is 0 Å². The first kappa shape index (κ1) is 21.0. The van der Waals surface area contributed by atoms with Crippen LogP contribution < -0.4 is 10.2 Å². The third-order valence-corrected chi connectivity index (χ3v) is 5.73. The monoisotopic (exact) mass is 422 g/mol. The van der Waals surface area contributed by atoms with Crippen molar-refractivity contribution in [2.24, 2.45) is 0 Å². The Morgan fingerprint density at radius 2 is 1.84 bits per heavy atom. The fourth-order valence-corrected chi connectivity index (χ4v) is 4.02. The van der Waals surface area contributed by atoms with E-state index in [0.29, 0.717) is 6.42 Å². The molecular weight excluding hydrogens is 395 g/mol. The molecule has 0 radical (unpaired) electrons. The number of nitrogens with one attached hydrogen (secondary N) is 1. The Labute approximate surface area is 181 Å². The lowest BCUT2D eigenvalue weighted by Crippen LogP contribution is -2.30. The molecule has 162 valence electrons. The maximum Gasteiger partial charge on any atom is 0.224 e. The molecule has 1 N–H and O–H groups in total. The van der Waals surface area contributed by atoms with Gasteiger partial charge >= 0.3 is 0 Å². The number of piperidine rings is 1. The van der Waals surface area contributed by atoms with Crippen LogP contribution in [0.4, 0.5) is 15.9 Å². The van der Waals surface area contributed by atoms with Crippen LogP contribution in [0.15, 0.2) is 36.7 Å². The van der Waals surface area contributed by atoms with Gasteiger partial charge < -0.3 is 10.2 Å². The molecule has 0 unspecified atom stereocenters. The fraction of sp³-hybridized carbons (Fsp3) is 0.391. The highest BCUT2D eigenvalue weighted by Crippen LogP contribution is 2.22. The van der Waals surface area contributed by atoms with Crippen LogP contribution >= 0.6 is 0 Å². The van der Waals surface area contributed by atoms with E-state index in [4.69, 9.17) is 0 Å². The lowest BCUT2D eigenvalue weighted by atomic mass is 10.1. The molecular formula is C23H27FN6O. The van der Waals surface area contributed by atoms with Crippen molar-refractivity contribution < 1.29 is 9.18 Å². The Balaban J connectivity index is 1.47. The summed E-state index contributed by atoms with van der Waals surface area (Å²) in [6, 6.07) is 8.14. The largest absolute Gasteiger partial charge is 0.356 e. The molecule has 1 amide bonds. The van der Waals surface area contributed by atoms with E-state index >= 15 is 0 Å². The maximum absolute atomic E-state index is 13.8. The standard InChI is InChI=1S/C23H27FN6O/c1-16-18(10-11-23(31)27-20-9-5-4-8-19(20)24)17(2)30(28-16)22-14-21(25-15-26-22)29-12-6-3-7-13-29/h4-5,8-9,14-15H,3,6-7,10-13H2,1-2H3,(H,27,31). The Kier molecular flexibility index (Phi) is 6.25. The minimum absolute atomic E-state index is 0.197. The number of carbonyl (C=O) groups is 1. The number of anilines is 2. The van der Waals surface area contributed by atoms with E-state index in [1.807, 2.05) is 24.6 Å². The van der Waals surface area contributed by atoms with Crippen molar-refractivity contribution in [1.82, 2.24) is 19.7 Å². The zero-order valence-corrected chi connectivity index (χ0v) is 17.9. The molecule has 0 atom stereocenters. The summed E-state index contributed by atoms with van der Waals surface area (Å²) in [6.45, 7) is 5.93. The summed E-state index contributed by atoms with van der Waals surface area (Å²) in [7, 11) is 0. The normalized spacial score (nSPS) is 14.0. The highest BCUT2D eigenvalue weighted by atomic mass is 19.1. The van der Waals surface area contributed by atoms with Gasteiger partial charge in [0.05, 0.1) is 11.4 Å². The molecule has 31 heavy (non-hydrogen) atoms. The number of aryl methyl sites for hydroxylation is 1. The van der Waals surface area contributed by atoms with E-state index < -0.39 is 5.82 Å². The second kappa shape index (κ2) is 9.24. The number of para-hydroxylation sites is 1. The molecule has 2 aromatic heterocycles. The molecule has 1 aromatic carbocycles. The fourth-order valence-electron chi connectivity index (χ4n) is 4.02. The van der Waals surface area contributed by atoms with Gasteiger partial charge in [0.1, 0.15) is 18.0 Å². The lowest BCUT2D eigenvalue weighted by Gasteiger charge is -2.27. The van der Waals surface area contributed by atoms with Gasteiger partial charge in [0.2, 0.25) is 5.91 Å². The van der Waals surface area contributed by atoms with E-state index in [-0.39, 0.29) is 18.0 Å². The second-order valence-electron chi connectivity index (χ2n) is 7.87. The van der Waals surface area contributed by atoms with Crippen molar-refractivity contribution >= 4 is 17.4 Å². The van der Waals surface area contributed by atoms with Gasteiger partial charge in [0.25, 0.3) is 0 Å². The quantitative estimate of drug-likeness (QED) is 0.650. The van der Waals surface area contributed by atoms with Crippen molar-refractivity contribution in [1.29, 1.82) is 0 Å². The molecule has 8 heteroatoms. The minimum atomic E-state index is -0.440. The highest BCUT2D eigenvalue weighted by Gasteiger charge is 2.18. The van der Waals surface area contributed by atoms with Crippen LogP contribution in [0.5, 0.6) is 0 Å². The molecule has 7 nitrogen and oxygen atoms in total. The number of hydrogen-bond acceptors (Lipinski definition) is 5.